The molecular formula is C18H22N2O4S. The number of carboxylic acids is 1. The van der Waals surface area contributed by atoms with Crippen LogP contribution in [0.5, 0.6) is 0 Å². The van der Waals surface area contributed by atoms with Crippen molar-refractivity contribution in [3.05, 3.63) is 29.8 Å². The van der Waals surface area contributed by atoms with E-state index in [0.717, 1.165) is 17.7 Å². The van der Waals surface area contributed by atoms with Gasteiger partial charge in [-0.25, -0.2) is 0 Å². The molecule has 1 aromatic carbocycles. The fraction of sp³-hybridized carbons (Fsp3) is 0.500. The van der Waals surface area contributed by atoms with Gasteiger partial charge in [-0.1, -0.05) is 24.6 Å². The summed E-state index contributed by atoms with van der Waals surface area (Å²) in [5.41, 5.74) is 0.762. The number of para-hydroxylation sites is 1. The van der Waals surface area contributed by atoms with Crippen LogP contribution in [0.15, 0.2) is 24.3 Å². The van der Waals surface area contributed by atoms with Gasteiger partial charge in [-0.05, 0) is 31.4 Å². The van der Waals surface area contributed by atoms with Gasteiger partial charge in [0.2, 0.25) is 11.8 Å². The molecule has 3 rings (SSSR count). The molecule has 1 aromatic rings. The molecule has 0 radical (unpaired) electrons. The highest BCUT2D eigenvalue weighted by Gasteiger charge is 2.48. The SMILES string of the molecule is Cc1ccccc1NC(=O)C1CSCN1C(=O)CC1(C(=O)O)CCC1. The van der Waals surface area contributed by atoms with Gasteiger partial charge in [-0.3, -0.25) is 14.4 Å². The van der Waals surface area contributed by atoms with Gasteiger partial charge in [-0.15, -0.1) is 11.8 Å². The third-order valence-electron chi connectivity index (χ3n) is 5.16. The van der Waals surface area contributed by atoms with Crippen LogP contribution in [0.4, 0.5) is 5.69 Å². The lowest BCUT2D eigenvalue weighted by atomic mass is 9.66. The fourth-order valence-electron chi connectivity index (χ4n) is 3.30. The molecule has 7 heteroatoms. The van der Waals surface area contributed by atoms with Crippen LogP contribution >= 0.6 is 11.8 Å². The zero-order valence-corrected chi connectivity index (χ0v) is 15.0. The first kappa shape index (κ1) is 17.8. The Balaban J connectivity index is 1.67. The summed E-state index contributed by atoms with van der Waals surface area (Å²) in [5.74, 6) is -0.397. The van der Waals surface area contributed by atoms with Crippen molar-refractivity contribution in [2.45, 2.75) is 38.6 Å². The number of rotatable bonds is 5. The average Bonchev–Trinajstić information content (AvgIpc) is 3.02. The molecule has 0 bridgehead atoms. The molecule has 1 saturated heterocycles. The number of anilines is 1. The van der Waals surface area contributed by atoms with E-state index in [0.29, 0.717) is 24.5 Å². The molecule has 2 aliphatic rings. The first-order valence-corrected chi connectivity index (χ1v) is 9.55. The van der Waals surface area contributed by atoms with Crippen molar-refractivity contribution >= 4 is 35.2 Å². The minimum Gasteiger partial charge on any atom is -0.481 e. The molecule has 0 spiro atoms. The summed E-state index contributed by atoms with van der Waals surface area (Å²) >= 11 is 1.52. The van der Waals surface area contributed by atoms with Gasteiger partial charge < -0.3 is 15.3 Å². The molecule has 2 fully saturated rings. The maximum absolute atomic E-state index is 12.7. The molecule has 2 N–H and O–H groups in total. The Kier molecular flexibility index (Phi) is 5.03. The second kappa shape index (κ2) is 7.07. The summed E-state index contributed by atoms with van der Waals surface area (Å²) in [7, 11) is 0. The number of amides is 2. The average molecular weight is 362 g/mol. The van der Waals surface area contributed by atoms with Gasteiger partial charge in [0.1, 0.15) is 6.04 Å². The van der Waals surface area contributed by atoms with Crippen LogP contribution in [0.3, 0.4) is 0 Å². The molecule has 0 aromatic heterocycles. The summed E-state index contributed by atoms with van der Waals surface area (Å²) < 4.78 is 0. The van der Waals surface area contributed by atoms with Crippen molar-refractivity contribution in [1.29, 1.82) is 0 Å². The number of nitrogens with zero attached hydrogens (tertiary/aromatic N) is 1. The van der Waals surface area contributed by atoms with Gasteiger partial charge >= 0.3 is 5.97 Å². The van der Waals surface area contributed by atoms with E-state index in [-0.39, 0.29) is 18.2 Å². The molecule has 25 heavy (non-hydrogen) atoms. The van der Waals surface area contributed by atoms with Crippen molar-refractivity contribution in [3.8, 4) is 0 Å². The normalized spacial score (nSPS) is 21.5. The Labute approximate surface area is 151 Å². The molecular weight excluding hydrogens is 340 g/mol. The summed E-state index contributed by atoms with van der Waals surface area (Å²) in [6.07, 6.45) is 1.90. The van der Waals surface area contributed by atoms with Gasteiger partial charge in [0.15, 0.2) is 0 Å². The van der Waals surface area contributed by atoms with E-state index in [1.54, 1.807) is 0 Å². The predicted octanol–water partition coefficient (Wildman–Crippen LogP) is 2.48. The van der Waals surface area contributed by atoms with Crippen LogP contribution in [0, 0.1) is 12.3 Å². The van der Waals surface area contributed by atoms with Crippen molar-refractivity contribution in [2.75, 3.05) is 16.9 Å². The van der Waals surface area contributed by atoms with Gasteiger partial charge in [0.05, 0.1) is 11.3 Å². The second-order valence-corrected chi connectivity index (χ2v) is 7.80. The number of benzene rings is 1. The third kappa shape index (κ3) is 3.51. The van der Waals surface area contributed by atoms with Gasteiger partial charge in [0.25, 0.3) is 0 Å². The number of hydrogen-bond acceptors (Lipinski definition) is 4. The zero-order chi connectivity index (χ0) is 18.0. The Morgan fingerprint density at radius 1 is 1.32 bits per heavy atom. The predicted molar refractivity (Wildman–Crippen MR) is 96.3 cm³/mol. The van der Waals surface area contributed by atoms with Crippen molar-refractivity contribution in [2.24, 2.45) is 5.41 Å². The number of carbonyl (C=O) groups is 3. The Bertz CT molecular complexity index is 702. The van der Waals surface area contributed by atoms with E-state index in [1.165, 1.54) is 16.7 Å². The standard InChI is InChI=1S/C18H22N2O4S/c1-12-5-2-3-6-13(12)19-16(22)14-10-25-11-20(14)15(21)9-18(17(23)24)7-4-8-18/h2-3,5-6,14H,4,7-11H2,1H3,(H,19,22)(H,23,24). The lowest BCUT2D eigenvalue weighted by Crippen LogP contribution is -2.48. The third-order valence-corrected chi connectivity index (χ3v) is 6.17. The van der Waals surface area contributed by atoms with Gasteiger partial charge in [0, 0.05) is 17.9 Å². The van der Waals surface area contributed by atoms with E-state index in [9.17, 15) is 19.5 Å². The number of carboxylic acid groups (broad SMARTS) is 1. The highest BCUT2D eigenvalue weighted by atomic mass is 32.2. The molecule has 1 aliphatic heterocycles. The second-order valence-electron chi connectivity index (χ2n) is 6.80. The number of carbonyl (C=O) groups excluding carboxylic acids is 2. The molecule has 1 atom stereocenters. The molecule has 2 amide bonds. The van der Waals surface area contributed by atoms with Crippen molar-refractivity contribution < 1.29 is 19.5 Å². The smallest absolute Gasteiger partial charge is 0.310 e. The minimum atomic E-state index is -0.929. The van der Waals surface area contributed by atoms with E-state index in [4.69, 9.17) is 0 Å². The molecule has 6 nitrogen and oxygen atoms in total. The lowest BCUT2D eigenvalue weighted by Gasteiger charge is -2.38. The van der Waals surface area contributed by atoms with E-state index >= 15 is 0 Å². The Morgan fingerprint density at radius 3 is 2.64 bits per heavy atom. The number of nitrogens with one attached hydrogen (secondary N) is 1. The monoisotopic (exact) mass is 362 g/mol. The number of aliphatic carboxylic acids is 1. The number of hydrogen-bond donors (Lipinski definition) is 2. The van der Waals surface area contributed by atoms with Crippen LogP contribution < -0.4 is 5.32 Å². The van der Waals surface area contributed by atoms with E-state index in [1.807, 2.05) is 31.2 Å². The highest BCUT2D eigenvalue weighted by Crippen LogP contribution is 2.45. The first-order chi connectivity index (χ1) is 11.9. The fourth-order valence-corrected chi connectivity index (χ4v) is 4.48. The van der Waals surface area contributed by atoms with Crippen LogP contribution in [-0.2, 0) is 14.4 Å². The summed E-state index contributed by atoms with van der Waals surface area (Å²) in [4.78, 5) is 38.3. The Morgan fingerprint density at radius 2 is 2.04 bits per heavy atom. The summed E-state index contributed by atoms with van der Waals surface area (Å²) in [6, 6.07) is 6.94. The van der Waals surface area contributed by atoms with Crippen LogP contribution in [-0.4, -0.2) is 45.5 Å². The molecule has 1 unspecified atom stereocenters. The lowest BCUT2D eigenvalue weighted by molar-refractivity contribution is -0.159. The molecule has 1 aliphatic carbocycles. The number of aryl methyl sites for hydroxylation is 1. The van der Waals surface area contributed by atoms with Crippen LogP contribution in [0.25, 0.3) is 0 Å². The quantitative estimate of drug-likeness (QED) is 0.840. The minimum absolute atomic E-state index is 0.0168. The van der Waals surface area contributed by atoms with Crippen LogP contribution in [0.2, 0.25) is 0 Å². The van der Waals surface area contributed by atoms with Crippen molar-refractivity contribution in [1.82, 2.24) is 4.90 Å². The largest absolute Gasteiger partial charge is 0.481 e. The maximum atomic E-state index is 12.7. The van der Waals surface area contributed by atoms with Crippen LogP contribution in [0.1, 0.15) is 31.2 Å². The molecule has 134 valence electrons. The molecule has 1 saturated carbocycles. The van der Waals surface area contributed by atoms with Crippen molar-refractivity contribution in [3.63, 3.8) is 0 Å². The summed E-state index contributed by atoms with van der Waals surface area (Å²) in [5, 5.41) is 12.3. The Hall–Kier alpha value is -2.02. The van der Waals surface area contributed by atoms with E-state index in [2.05, 4.69) is 5.32 Å². The summed E-state index contributed by atoms with van der Waals surface area (Å²) in [6.45, 7) is 1.91. The van der Waals surface area contributed by atoms with E-state index < -0.39 is 17.4 Å². The van der Waals surface area contributed by atoms with Gasteiger partial charge in [-0.2, -0.15) is 0 Å². The highest BCUT2D eigenvalue weighted by molar-refractivity contribution is 7.99. The molecule has 1 heterocycles. The maximum Gasteiger partial charge on any atom is 0.310 e. The number of thioether (sulfide) groups is 1. The topological polar surface area (TPSA) is 86.7 Å². The first-order valence-electron chi connectivity index (χ1n) is 8.40. The zero-order valence-electron chi connectivity index (χ0n) is 14.2.